The number of hydrogen-bond donors (Lipinski definition) is 1. The Morgan fingerprint density at radius 1 is 1.33 bits per heavy atom. The highest BCUT2D eigenvalue weighted by molar-refractivity contribution is 4.82. The minimum atomic E-state index is -0.169. The van der Waals surface area contributed by atoms with Crippen LogP contribution >= 0.6 is 0 Å². The van der Waals surface area contributed by atoms with Crippen LogP contribution in [0, 0.1) is 0 Å². The third-order valence-corrected chi connectivity index (χ3v) is 3.83. The molecule has 1 N–H and O–H groups in total. The van der Waals surface area contributed by atoms with Gasteiger partial charge in [-0.05, 0) is 12.8 Å². The van der Waals surface area contributed by atoms with Gasteiger partial charge in [-0.15, -0.1) is 0 Å². The Hall–Kier alpha value is -0.160. The minimum Gasteiger partial charge on any atom is -0.392 e. The first-order valence-corrected chi connectivity index (χ1v) is 7.34. The molecule has 0 radical (unpaired) electrons. The highest BCUT2D eigenvalue weighted by Gasteiger charge is 2.26. The molecule has 1 fully saturated rings. The molecule has 0 aromatic heterocycles. The van der Waals surface area contributed by atoms with Crippen LogP contribution in [0.25, 0.3) is 0 Å². The van der Waals surface area contributed by atoms with E-state index in [-0.39, 0.29) is 6.10 Å². The lowest BCUT2D eigenvalue weighted by molar-refractivity contribution is 0.0239. The monoisotopic (exact) mass is 258 g/mol. The van der Waals surface area contributed by atoms with Crippen LogP contribution in [0.3, 0.4) is 0 Å². The van der Waals surface area contributed by atoms with E-state index < -0.39 is 0 Å². The second-order valence-electron chi connectivity index (χ2n) is 5.29. The molecule has 1 rings (SSSR count). The highest BCUT2D eigenvalue weighted by Crippen LogP contribution is 2.15. The van der Waals surface area contributed by atoms with Crippen LogP contribution in [0.5, 0.6) is 0 Å². The Morgan fingerprint density at radius 3 is 2.72 bits per heavy atom. The van der Waals surface area contributed by atoms with Gasteiger partial charge in [0.25, 0.3) is 0 Å². The van der Waals surface area contributed by atoms with Gasteiger partial charge in [0.1, 0.15) is 0 Å². The van der Waals surface area contributed by atoms with E-state index in [4.69, 9.17) is 4.74 Å². The van der Waals surface area contributed by atoms with Crippen LogP contribution in [0.2, 0.25) is 0 Å². The number of ether oxygens (including phenoxy) is 1. The Labute approximate surface area is 112 Å². The van der Waals surface area contributed by atoms with E-state index in [0.29, 0.717) is 6.04 Å². The topological polar surface area (TPSA) is 35.9 Å². The van der Waals surface area contributed by atoms with Gasteiger partial charge in [0.05, 0.1) is 12.7 Å². The summed E-state index contributed by atoms with van der Waals surface area (Å²) in [6.45, 7) is 10.2. The van der Waals surface area contributed by atoms with Gasteiger partial charge in [0.2, 0.25) is 0 Å². The van der Waals surface area contributed by atoms with Gasteiger partial charge in [-0.2, -0.15) is 0 Å². The van der Waals surface area contributed by atoms with E-state index in [0.717, 1.165) is 45.8 Å². The predicted molar refractivity (Wildman–Crippen MR) is 74.9 cm³/mol. The molecule has 0 aromatic carbocycles. The molecule has 4 heteroatoms. The molecule has 2 unspecified atom stereocenters. The van der Waals surface area contributed by atoms with E-state index in [2.05, 4.69) is 16.7 Å². The number of methoxy groups -OCH3 is 1. The largest absolute Gasteiger partial charge is 0.392 e. The van der Waals surface area contributed by atoms with E-state index in [1.165, 1.54) is 12.8 Å². The molecule has 0 spiro atoms. The van der Waals surface area contributed by atoms with Gasteiger partial charge in [-0.1, -0.05) is 20.3 Å². The molecule has 4 nitrogen and oxygen atoms in total. The SMILES string of the molecule is CCCC1CN(CC(O)CC)CCN1CCOC. The second kappa shape index (κ2) is 8.86. The molecule has 0 bridgehead atoms. The van der Waals surface area contributed by atoms with Crippen molar-refractivity contribution in [1.29, 1.82) is 0 Å². The van der Waals surface area contributed by atoms with Crippen molar-refractivity contribution in [3.05, 3.63) is 0 Å². The molecule has 0 aromatic rings. The zero-order chi connectivity index (χ0) is 13.4. The van der Waals surface area contributed by atoms with Crippen LogP contribution in [0.15, 0.2) is 0 Å². The lowest BCUT2D eigenvalue weighted by atomic mass is 10.1. The molecule has 1 aliphatic rings. The summed E-state index contributed by atoms with van der Waals surface area (Å²) in [5.41, 5.74) is 0. The standard InChI is InChI=1S/C14H30N2O2/c1-4-6-13-11-15(12-14(17)5-2)7-8-16(13)9-10-18-3/h13-14,17H,4-12H2,1-3H3. The normalized spacial score (nSPS) is 24.3. The Kier molecular flexibility index (Phi) is 7.82. The Balaban J connectivity index is 2.42. The first-order chi connectivity index (χ1) is 8.71. The van der Waals surface area contributed by atoms with Crippen molar-refractivity contribution in [3.8, 4) is 0 Å². The van der Waals surface area contributed by atoms with Crippen molar-refractivity contribution in [2.24, 2.45) is 0 Å². The van der Waals surface area contributed by atoms with Crippen molar-refractivity contribution in [3.63, 3.8) is 0 Å². The fourth-order valence-electron chi connectivity index (χ4n) is 2.66. The molecular formula is C14H30N2O2. The molecule has 1 heterocycles. The second-order valence-corrected chi connectivity index (χ2v) is 5.29. The number of nitrogens with zero attached hydrogens (tertiary/aromatic N) is 2. The van der Waals surface area contributed by atoms with E-state index in [9.17, 15) is 5.11 Å². The molecule has 0 saturated carbocycles. The summed E-state index contributed by atoms with van der Waals surface area (Å²) in [5.74, 6) is 0. The van der Waals surface area contributed by atoms with Crippen LogP contribution in [-0.4, -0.2) is 73.5 Å². The summed E-state index contributed by atoms with van der Waals surface area (Å²) in [6, 6.07) is 0.628. The van der Waals surface area contributed by atoms with Crippen molar-refractivity contribution >= 4 is 0 Å². The number of hydrogen-bond acceptors (Lipinski definition) is 4. The minimum absolute atomic E-state index is 0.169. The smallest absolute Gasteiger partial charge is 0.0664 e. The van der Waals surface area contributed by atoms with Crippen molar-refractivity contribution in [1.82, 2.24) is 9.80 Å². The first kappa shape index (κ1) is 15.9. The summed E-state index contributed by atoms with van der Waals surface area (Å²) >= 11 is 0. The lowest BCUT2D eigenvalue weighted by Crippen LogP contribution is -2.55. The van der Waals surface area contributed by atoms with Crippen LogP contribution in [-0.2, 0) is 4.74 Å². The predicted octanol–water partition coefficient (Wildman–Crippen LogP) is 1.19. The molecule has 0 aliphatic carbocycles. The Morgan fingerprint density at radius 2 is 2.11 bits per heavy atom. The summed E-state index contributed by atoms with van der Waals surface area (Å²) in [5, 5.41) is 9.76. The van der Waals surface area contributed by atoms with Crippen LogP contribution in [0.4, 0.5) is 0 Å². The maximum Gasteiger partial charge on any atom is 0.0664 e. The number of rotatable bonds is 8. The van der Waals surface area contributed by atoms with E-state index >= 15 is 0 Å². The number of aliphatic hydroxyl groups is 1. The van der Waals surface area contributed by atoms with Gasteiger partial charge in [-0.3, -0.25) is 9.80 Å². The highest BCUT2D eigenvalue weighted by atomic mass is 16.5. The number of β-amino-alcohol motifs (C(OH)–C–C–N with tert-alkyl or cyclic N) is 1. The van der Waals surface area contributed by atoms with Crippen molar-refractivity contribution in [2.75, 3.05) is 46.4 Å². The van der Waals surface area contributed by atoms with Gasteiger partial charge in [0, 0.05) is 45.9 Å². The summed E-state index contributed by atoms with van der Waals surface area (Å²) in [6.07, 6.45) is 3.14. The average Bonchev–Trinajstić information content (AvgIpc) is 2.38. The Bertz CT molecular complexity index is 214. The van der Waals surface area contributed by atoms with Gasteiger partial charge in [-0.25, -0.2) is 0 Å². The van der Waals surface area contributed by atoms with Crippen LogP contribution < -0.4 is 0 Å². The fourth-order valence-corrected chi connectivity index (χ4v) is 2.66. The van der Waals surface area contributed by atoms with E-state index in [1.54, 1.807) is 7.11 Å². The fraction of sp³-hybridized carbons (Fsp3) is 1.00. The summed E-state index contributed by atoms with van der Waals surface area (Å²) in [7, 11) is 1.77. The molecule has 2 atom stereocenters. The summed E-state index contributed by atoms with van der Waals surface area (Å²) in [4.78, 5) is 4.96. The zero-order valence-corrected chi connectivity index (χ0v) is 12.3. The van der Waals surface area contributed by atoms with Gasteiger partial charge >= 0.3 is 0 Å². The zero-order valence-electron chi connectivity index (χ0n) is 12.3. The van der Waals surface area contributed by atoms with Gasteiger partial charge < -0.3 is 9.84 Å². The molecule has 108 valence electrons. The lowest BCUT2D eigenvalue weighted by Gasteiger charge is -2.42. The molecule has 1 saturated heterocycles. The maximum absolute atomic E-state index is 9.76. The molecular weight excluding hydrogens is 228 g/mol. The van der Waals surface area contributed by atoms with Crippen molar-refractivity contribution in [2.45, 2.75) is 45.3 Å². The molecule has 18 heavy (non-hydrogen) atoms. The van der Waals surface area contributed by atoms with Gasteiger partial charge in [0.15, 0.2) is 0 Å². The first-order valence-electron chi connectivity index (χ1n) is 7.34. The number of aliphatic hydroxyl groups excluding tert-OH is 1. The van der Waals surface area contributed by atoms with E-state index in [1.807, 2.05) is 6.92 Å². The maximum atomic E-state index is 9.76. The third-order valence-electron chi connectivity index (χ3n) is 3.83. The average molecular weight is 258 g/mol. The van der Waals surface area contributed by atoms with Crippen molar-refractivity contribution < 1.29 is 9.84 Å². The third kappa shape index (κ3) is 5.22. The number of piperazine rings is 1. The summed E-state index contributed by atoms with van der Waals surface area (Å²) < 4.78 is 5.18. The molecule has 1 aliphatic heterocycles. The molecule has 0 amide bonds. The van der Waals surface area contributed by atoms with Crippen LogP contribution in [0.1, 0.15) is 33.1 Å². The quantitative estimate of drug-likeness (QED) is 0.709.